The molecular formula is C44H58N8O8. The highest BCUT2D eigenvalue weighted by molar-refractivity contribution is 6.10. The van der Waals surface area contributed by atoms with Gasteiger partial charge in [0.05, 0.1) is 11.4 Å². The monoisotopic (exact) mass is 826 g/mol. The molecule has 0 bridgehead atoms. The predicted molar refractivity (Wildman–Crippen MR) is 228 cm³/mol. The predicted octanol–water partition coefficient (Wildman–Crippen LogP) is 6.07. The van der Waals surface area contributed by atoms with E-state index in [1.165, 1.54) is 5.56 Å². The number of rotatable bonds is 2. The number of hydrogen-bond acceptors (Lipinski definition) is 12. The number of amides is 4. The van der Waals surface area contributed by atoms with Crippen LogP contribution in [0, 0.1) is 11.8 Å². The molecule has 0 unspecified atom stereocenters. The molecule has 4 amide bonds. The van der Waals surface area contributed by atoms with E-state index < -0.39 is 11.2 Å². The van der Waals surface area contributed by atoms with E-state index in [0.29, 0.717) is 57.0 Å². The zero-order valence-corrected chi connectivity index (χ0v) is 36.3. The Kier molecular flexibility index (Phi) is 11.5. The van der Waals surface area contributed by atoms with E-state index in [4.69, 9.17) is 18.9 Å². The number of hydrogen-bond donors (Lipinski definition) is 2. The highest BCUT2D eigenvalue weighted by Gasteiger charge is 2.39. The summed E-state index contributed by atoms with van der Waals surface area (Å²) in [6.07, 6.45) is 2.39. The van der Waals surface area contributed by atoms with Crippen LogP contribution in [0.5, 0.6) is 11.5 Å². The molecule has 5 atom stereocenters. The van der Waals surface area contributed by atoms with E-state index in [-0.39, 0.29) is 47.9 Å². The fourth-order valence-corrected chi connectivity index (χ4v) is 8.41. The summed E-state index contributed by atoms with van der Waals surface area (Å²) in [6.45, 7) is 22.3. The Hall–Kier alpha value is -5.80. The molecule has 0 spiro atoms. The minimum atomic E-state index is -0.514. The maximum atomic E-state index is 12.4. The van der Waals surface area contributed by atoms with E-state index >= 15 is 0 Å². The molecule has 6 aliphatic heterocycles. The zero-order valence-electron chi connectivity index (χ0n) is 36.3. The second-order valence-corrected chi connectivity index (χ2v) is 18.3. The normalized spacial score (nSPS) is 24.8. The van der Waals surface area contributed by atoms with Crippen LogP contribution in [-0.2, 0) is 19.1 Å². The first-order chi connectivity index (χ1) is 28.3. The standard InChI is InChI=1S/C22H30N4O4.C22H28N4O4/c2*1-13-11-25(21(28)30-22(3,4)5)9-8-16(13)15-6-7-18-17(10-15)26-14(2)20(27)24-23-19(26)12-29-18/h6-7,10,13-14,16H,8-9,11-12H2,1-5H3,(H,24,27);6-8,10,13-14H,9,11-12H2,1-5H3,(H,24,27)/t13-,14-,16+;13-,14-/m11/s1. The largest absolute Gasteiger partial charge is 0.483 e. The number of carbonyl (C=O) groups is 4. The SMILES string of the molecule is C[C@@H]1CN(C(=O)OC(C)(C)C)CC=C1c1ccc2c(c1)N1C(=NNC(=O)[C@H]1C)CO2.C[C@@H]1CN(C(=O)OC(C)(C)C)CC[C@@H]1c1ccc2c(c1)N1C(=NNC(=O)[C@H]1C)CO2. The molecule has 0 saturated carbocycles. The third-order valence-electron chi connectivity index (χ3n) is 11.4. The molecule has 16 heteroatoms. The minimum absolute atomic E-state index is 0.129. The number of piperidine rings is 1. The Labute approximate surface area is 351 Å². The number of amidine groups is 2. The van der Waals surface area contributed by atoms with Crippen LogP contribution in [0.25, 0.3) is 5.57 Å². The van der Waals surface area contributed by atoms with Gasteiger partial charge in [0.15, 0.2) is 11.7 Å². The molecule has 16 nitrogen and oxygen atoms in total. The number of ether oxygens (including phenoxy) is 4. The summed E-state index contributed by atoms with van der Waals surface area (Å²) in [5, 5.41) is 8.30. The fourth-order valence-electron chi connectivity index (χ4n) is 8.41. The van der Waals surface area contributed by atoms with Gasteiger partial charge in [-0.25, -0.2) is 20.4 Å². The molecule has 1 saturated heterocycles. The van der Waals surface area contributed by atoms with Gasteiger partial charge in [0.2, 0.25) is 0 Å². The summed E-state index contributed by atoms with van der Waals surface area (Å²) in [7, 11) is 0. The van der Waals surface area contributed by atoms with Gasteiger partial charge in [-0.3, -0.25) is 9.59 Å². The molecule has 1 fully saturated rings. The van der Waals surface area contributed by atoms with Gasteiger partial charge in [0.1, 0.15) is 48.0 Å². The molecule has 322 valence electrons. The first-order valence-corrected chi connectivity index (χ1v) is 20.8. The third-order valence-corrected chi connectivity index (χ3v) is 11.4. The molecule has 2 N–H and O–H groups in total. The number of carbonyl (C=O) groups excluding carboxylic acids is 4. The number of likely N-dealkylation sites (tertiary alicyclic amines) is 1. The molecule has 0 aliphatic carbocycles. The Bertz CT molecular complexity index is 2140. The zero-order chi connectivity index (χ0) is 43.3. The molecule has 60 heavy (non-hydrogen) atoms. The lowest BCUT2D eigenvalue weighted by Crippen LogP contribution is -2.55. The van der Waals surface area contributed by atoms with Gasteiger partial charge in [-0.05, 0) is 121 Å². The number of benzene rings is 2. The number of nitrogens with zero attached hydrogens (tertiary/aromatic N) is 6. The van der Waals surface area contributed by atoms with Crippen LogP contribution in [0.3, 0.4) is 0 Å². The van der Waals surface area contributed by atoms with Crippen molar-refractivity contribution in [2.24, 2.45) is 22.0 Å². The summed E-state index contributed by atoms with van der Waals surface area (Å²) in [5.74, 6) is 3.36. The smallest absolute Gasteiger partial charge is 0.410 e. The number of anilines is 2. The summed E-state index contributed by atoms with van der Waals surface area (Å²) >= 11 is 0. The summed E-state index contributed by atoms with van der Waals surface area (Å²) < 4.78 is 22.7. The van der Waals surface area contributed by atoms with Crippen LogP contribution in [0.2, 0.25) is 0 Å². The van der Waals surface area contributed by atoms with Crippen molar-refractivity contribution in [3.63, 3.8) is 0 Å². The molecule has 2 aromatic rings. The molecule has 6 heterocycles. The van der Waals surface area contributed by atoms with E-state index in [2.05, 4.69) is 53.1 Å². The molecule has 0 aromatic heterocycles. The van der Waals surface area contributed by atoms with Gasteiger partial charge in [0.25, 0.3) is 11.8 Å². The van der Waals surface area contributed by atoms with Gasteiger partial charge in [-0.15, -0.1) is 0 Å². The number of nitrogens with one attached hydrogen (secondary N) is 2. The van der Waals surface area contributed by atoms with E-state index in [1.807, 2.05) is 89.5 Å². The highest BCUT2D eigenvalue weighted by Crippen LogP contribution is 2.42. The van der Waals surface area contributed by atoms with E-state index in [0.717, 1.165) is 40.4 Å². The average molecular weight is 827 g/mol. The van der Waals surface area contributed by atoms with Crippen molar-refractivity contribution in [1.29, 1.82) is 0 Å². The lowest BCUT2D eigenvalue weighted by molar-refractivity contribution is -0.123. The molecule has 8 rings (SSSR count). The minimum Gasteiger partial charge on any atom is -0.483 e. The summed E-state index contributed by atoms with van der Waals surface area (Å²) in [4.78, 5) is 56.6. The van der Waals surface area contributed by atoms with Crippen molar-refractivity contribution in [1.82, 2.24) is 20.7 Å². The highest BCUT2D eigenvalue weighted by atomic mass is 16.6. The summed E-state index contributed by atoms with van der Waals surface area (Å²) in [5.41, 5.74) is 9.21. The topological polar surface area (TPSA) is 167 Å². The number of hydrazone groups is 2. The third kappa shape index (κ3) is 8.87. The lowest BCUT2D eigenvalue weighted by Gasteiger charge is -2.40. The van der Waals surface area contributed by atoms with Crippen LogP contribution in [0.4, 0.5) is 21.0 Å². The van der Waals surface area contributed by atoms with Crippen LogP contribution in [-0.4, -0.2) is 108 Å². The van der Waals surface area contributed by atoms with Gasteiger partial charge < -0.3 is 38.5 Å². The second-order valence-electron chi connectivity index (χ2n) is 18.3. The van der Waals surface area contributed by atoms with Crippen LogP contribution >= 0.6 is 0 Å². The van der Waals surface area contributed by atoms with Crippen molar-refractivity contribution >= 4 is 52.6 Å². The molecule has 2 aromatic carbocycles. The molecule has 0 radical (unpaired) electrons. The number of fused-ring (bicyclic) bond motifs is 6. The van der Waals surface area contributed by atoms with Gasteiger partial charge in [0, 0.05) is 26.2 Å². The fraction of sp³-hybridized carbons (Fsp3) is 0.545. The van der Waals surface area contributed by atoms with Crippen molar-refractivity contribution in [2.45, 2.75) is 105 Å². The Morgan fingerprint density at radius 3 is 1.80 bits per heavy atom. The Morgan fingerprint density at radius 2 is 1.27 bits per heavy atom. The van der Waals surface area contributed by atoms with Crippen molar-refractivity contribution in [3.8, 4) is 11.5 Å². The first-order valence-electron chi connectivity index (χ1n) is 20.8. The summed E-state index contributed by atoms with van der Waals surface area (Å²) in [6, 6.07) is 11.5. The first kappa shape index (κ1) is 42.3. The van der Waals surface area contributed by atoms with E-state index in [9.17, 15) is 19.2 Å². The average Bonchev–Trinajstić information content (AvgIpc) is 3.18. The van der Waals surface area contributed by atoms with Crippen LogP contribution in [0.1, 0.15) is 92.7 Å². The van der Waals surface area contributed by atoms with Gasteiger partial charge >= 0.3 is 12.2 Å². The van der Waals surface area contributed by atoms with Crippen LogP contribution in [0.15, 0.2) is 52.7 Å². The molecule has 6 aliphatic rings. The second kappa shape index (κ2) is 16.3. The maximum Gasteiger partial charge on any atom is 0.410 e. The van der Waals surface area contributed by atoms with Crippen LogP contribution < -0.4 is 30.1 Å². The van der Waals surface area contributed by atoms with E-state index in [1.54, 1.807) is 9.80 Å². The molecular weight excluding hydrogens is 769 g/mol. The van der Waals surface area contributed by atoms with Crippen molar-refractivity contribution in [3.05, 3.63) is 53.6 Å². The quantitative estimate of drug-likeness (QED) is 0.363. The Morgan fingerprint density at radius 1 is 0.733 bits per heavy atom. The van der Waals surface area contributed by atoms with Crippen molar-refractivity contribution in [2.75, 3.05) is 49.2 Å². The Balaban J connectivity index is 0.000000181. The maximum absolute atomic E-state index is 12.4. The van der Waals surface area contributed by atoms with Gasteiger partial charge in [-0.1, -0.05) is 32.1 Å². The lowest BCUT2D eigenvalue weighted by atomic mass is 9.81. The van der Waals surface area contributed by atoms with Gasteiger partial charge in [-0.2, -0.15) is 10.2 Å². The van der Waals surface area contributed by atoms with Crippen molar-refractivity contribution < 1.29 is 38.1 Å².